The number of hydrogen-bond acceptors (Lipinski definition) is 5. The number of nitrogens with zero attached hydrogens (tertiary/aromatic N) is 1. The van der Waals surface area contributed by atoms with E-state index in [1.54, 1.807) is 18.2 Å². The number of anilines is 1. The second-order valence-corrected chi connectivity index (χ2v) is 9.12. The van der Waals surface area contributed by atoms with Crippen molar-refractivity contribution in [2.24, 2.45) is 11.8 Å². The second-order valence-electron chi connectivity index (χ2n) is 9.12. The van der Waals surface area contributed by atoms with Crippen molar-refractivity contribution in [1.82, 2.24) is 0 Å². The Balaban J connectivity index is 1.59. The highest BCUT2D eigenvalue weighted by molar-refractivity contribution is 6.25. The summed E-state index contributed by atoms with van der Waals surface area (Å²) in [6.45, 7) is 2.80. The molecule has 1 aliphatic heterocycles. The number of carbonyl (C=O) groups is 4. The maximum Gasteiger partial charge on any atom is 0.308 e. The van der Waals surface area contributed by atoms with E-state index in [0.29, 0.717) is 5.69 Å². The summed E-state index contributed by atoms with van der Waals surface area (Å²) < 4.78 is 5.18. The van der Waals surface area contributed by atoms with Crippen LogP contribution in [0, 0.1) is 11.8 Å². The van der Waals surface area contributed by atoms with Crippen LogP contribution in [0.3, 0.4) is 0 Å². The maximum atomic E-state index is 14.0. The van der Waals surface area contributed by atoms with Crippen molar-refractivity contribution in [3.8, 4) is 5.75 Å². The van der Waals surface area contributed by atoms with Gasteiger partial charge in [-0.05, 0) is 41.3 Å². The first-order valence-corrected chi connectivity index (χ1v) is 11.2. The first-order valence-electron chi connectivity index (χ1n) is 11.2. The summed E-state index contributed by atoms with van der Waals surface area (Å²) in [6.07, 6.45) is 0. The van der Waals surface area contributed by atoms with Gasteiger partial charge in [0.1, 0.15) is 11.5 Å². The Morgan fingerprint density at radius 3 is 2.03 bits per heavy atom. The molecule has 0 saturated carbocycles. The molecule has 3 aromatic carbocycles. The van der Waals surface area contributed by atoms with Gasteiger partial charge in [-0.2, -0.15) is 0 Å². The number of ether oxygens (including phenoxy) is 1. The number of carbonyl (C=O) groups excluding carboxylic acids is 4. The van der Waals surface area contributed by atoms with Crippen molar-refractivity contribution in [2.45, 2.75) is 25.2 Å². The first-order chi connectivity index (χ1) is 16.4. The van der Waals surface area contributed by atoms with E-state index in [0.717, 1.165) is 22.3 Å². The SMILES string of the molecule is CC(=O)Oc1cccc(N2C(=O)[C@H]3C4c5ccccc5C(C(C)=O)(c5ccccc54)[C@H]3C2=O)c1. The van der Waals surface area contributed by atoms with Crippen LogP contribution in [-0.2, 0) is 24.6 Å². The van der Waals surface area contributed by atoms with E-state index in [-0.39, 0.29) is 23.4 Å². The van der Waals surface area contributed by atoms with Crippen LogP contribution < -0.4 is 9.64 Å². The molecule has 0 radical (unpaired) electrons. The summed E-state index contributed by atoms with van der Waals surface area (Å²) in [4.78, 5) is 54.2. The molecule has 1 fully saturated rings. The van der Waals surface area contributed by atoms with Gasteiger partial charge in [-0.25, -0.2) is 4.90 Å². The summed E-state index contributed by atoms with van der Waals surface area (Å²) in [7, 11) is 0. The van der Waals surface area contributed by atoms with Crippen molar-refractivity contribution in [1.29, 1.82) is 0 Å². The topological polar surface area (TPSA) is 80.8 Å². The van der Waals surface area contributed by atoms with Gasteiger partial charge in [0, 0.05) is 18.9 Å². The zero-order valence-electron chi connectivity index (χ0n) is 18.6. The van der Waals surface area contributed by atoms with E-state index >= 15 is 0 Å². The quantitative estimate of drug-likeness (QED) is 0.344. The standard InChI is InChI=1S/C28H21NO5/c1-15(30)28-21-12-5-3-10-19(21)23(20-11-4-6-13-22(20)28)24-25(28)27(33)29(26(24)32)17-8-7-9-18(14-17)34-16(2)31/h3-14,23-25H,1-2H3/t23?,24-,25+,28?/m0/s1. The normalized spacial score (nSPS) is 26.1. The summed E-state index contributed by atoms with van der Waals surface area (Å²) >= 11 is 0. The number of benzene rings is 3. The third-order valence-corrected chi connectivity index (χ3v) is 7.51. The predicted octanol–water partition coefficient (Wildman–Crippen LogP) is 3.75. The van der Waals surface area contributed by atoms with Crippen LogP contribution in [0.4, 0.5) is 5.69 Å². The molecule has 3 aromatic rings. The number of Topliss-reactive ketones (excluding diaryl/α,β-unsaturated/α-hetero) is 1. The maximum absolute atomic E-state index is 14.0. The van der Waals surface area contributed by atoms with Crippen LogP contribution in [0.1, 0.15) is 42.0 Å². The lowest BCUT2D eigenvalue weighted by atomic mass is 9.46. The minimum atomic E-state index is -1.23. The molecule has 1 saturated heterocycles. The lowest BCUT2D eigenvalue weighted by molar-refractivity contribution is -0.133. The number of rotatable bonds is 3. The smallest absolute Gasteiger partial charge is 0.308 e. The van der Waals surface area contributed by atoms with E-state index in [1.807, 2.05) is 48.5 Å². The van der Waals surface area contributed by atoms with Gasteiger partial charge >= 0.3 is 5.97 Å². The molecule has 2 bridgehead atoms. The fourth-order valence-electron chi connectivity index (χ4n) is 6.48. The zero-order valence-corrected chi connectivity index (χ0v) is 18.6. The molecule has 0 aromatic heterocycles. The molecule has 6 nitrogen and oxygen atoms in total. The van der Waals surface area contributed by atoms with Crippen LogP contribution in [-0.4, -0.2) is 23.6 Å². The van der Waals surface area contributed by atoms with Crippen LogP contribution in [0.5, 0.6) is 5.75 Å². The highest BCUT2D eigenvalue weighted by Crippen LogP contribution is 2.64. The monoisotopic (exact) mass is 451 g/mol. The van der Waals surface area contributed by atoms with Gasteiger partial charge in [-0.1, -0.05) is 54.6 Å². The lowest BCUT2D eigenvalue weighted by Gasteiger charge is -2.52. The van der Waals surface area contributed by atoms with Gasteiger partial charge in [0.25, 0.3) is 0 Å². The molecule has 4 aliphatic rings. The third-order valence-electron chi connectivity index (χ3n) is 7.51. The van der Waals surface area contributed by atoms with Crippen molar-refractivity contribution in [3.05, 3.63) is 95.1 Å². The van der Waals surface area contributed by atoms with Crippen LogP contribution in [0.25, 0.3) is 0 Å². The van der Waals surface area contributed by atoms with Crippen molar-refractivity contribution in [2.75, 3.05) is 4.90 Å². The Hall–Kier alpha value is -4.06. The highest BCUT2D eigenvalue weighted by Gasteiger charge is 2.70. The molecule has 3 aliphatic carbocycles. The summed E-state index contributed by atoms with van der Waals surface area (Å²) in [5.74, 6) is -3.01. The Labute approximate surface area is 196 Å². The summed E-state index contributed by atoms with van der Waals surface area (Å²) in [6, 6.07) is 21.7. The number of amides is 2. The molecule has 6 heteroatoms. The van der Waals surface area contributed by atoms with E-state index in [9.17, 15) is 19.2 Å². The molecular weight excluding hydrogens is 430 g/mol. The van der Waals surface area contributed by atoms with E-state index in [4.69, 9.17) is 4.74 Å². The lowest BCUT2D eigenvalue weighted by Crippen LogP contribution is -2.57. The third kappa shape index (κ3) is 2.40. The predicted molar refractivity (Wildman–Crippen MR) is 123 cm³/mol. The van der Waals surface area contributed by atoms with Crippen molar-refractivity contribution in [3.63, 3.8) is 0 Å². The average molecular weight is 451 g/mol. The first kappa shape index (κ1) is 20.5. The van der Waals surface area contributed by atoms with Gasteiger partial charge in [0.15, 0.2) is 0 Å². The average Bonchev–Trinajstić information content (AvgIpc) is 3.09. The largest absolute Gasteiger partial charge is 0.427 e. The van der Waals surface area contributed by atoms with Gasteiger partial charge in [-0.3, -0.25) is 19.2 Å². The number of esters is 1. The molecular formula is C28H21NO5. The Kier molecular flexibility index (Phi) is 4.21. The second kappa shape index (κ2) is 6.97. The number of ketones is 1. The molecule has 1 heterocycles. The van der Waals surface area contributed by atoms with Crippen LogP contribution >= 0.6 is 0 Å². The molecule has 168 valence electrons. The molecule has 0 spiro atoms. The van der Waals surface area contributed by atoms with Crippen LogP contribution in [0.15, 0.2) is 72.8 Å². The summed E-state index contributed by atoms with van der Waals surface area (Å²) in [5, 5.41) is 0. The molecule has 0 unspecified atom stereocenters. The van der Waals surface area contributed by atoms with E-state index in [2.05, 4.69) is 0 Å². The minimum Gasteiger partial charge on any atom is -0.427 e. The van der Waals surface area contributed by atoms with Gasteiger partial charge in [-0.15, -0.1) is 0 Å². The fraction of sp³-hybridized carbons (Fsp3) is 0.214. The van der Waals surface area contributed by atoms with Crippen molar-refractivity contribution >= 4 is 29.3 Å². The fourth-order valence-corrected chi connectivity index (χ4v) is 6.48. The Morgan fingerprint density at radius 1 is 0.824 bits per heavy atom. The van der Waals surface area contributed by atoms with Gasteiger partial charge < -0.3 is 4.74 Å². The summed E-state index contributed by atoms with van der Waals surface area (Å²) in [5.41, 5.74) is 2.56. The van der Waals surface area contributed by atoms with Gasteiger partial charge in [0.05, 0.1) is 22.9 Å². The highest BCUT2D eigenvalue weighted by atomic mass is 16.5. The van der Waals surface area contributed by atoms with E-state index in [1.165, 1.54) is 24.8 Å². The molecule has 0 N–H and O–H groups in total. The van der Waals surface area contributed by atoms with Crippen LogP contribution in [0.2, 0.25) is 0 Å². The Bertz CT molecular complexity index is 1380. The molecule has 2 amide bonds. The molecule has 34 heavy (non-hydrogen) atoms. The number of imide groups is 1. The Morgan fingerprint density at radius 2 is 1.44 bits per heavy atom. The molecule has 7 rings (SSSR count). The number of hydrogen-bond donors (Lipinski definition) is 0. The van der Waals surface area contributed by atoms with E-state index < -0.39 is 29.1 Å². The minimum absolute atomic E-state index is 0.155. The van der Waals surface area contributed by atoms with Crippen molar-refractivity contribution < 1.29 is 23.9 Å². The van der Waals surface area contributed by atoms with Gasteiger partial charge in [0.2, 0.25) is 11.8 Å². The zero-order chi connectivity index (χ0) is 23.8. The molecule has 2 atom stereocenters.